The quantitative estimate of drug-likeness (QED) is 0.717. The van der Waals surface area contributed by atoms with E-state index in [1.807, 2.05) is 41.1 Å². The monoisotopic (exact) mass is 389 g/mol. The van der Waals surface area contributed by atoms with Gasteiger partial charge in [-0.3, -0.25) is 8.61 Å². The number of hydrogen-bond acceptors (Lipinski definition) is 5. The van der Waals surface area contributed by atoms with Crippen LogP contribution in [0, 0.1) is 0 Å². The molecule has 0 spiro atoms. The molecule has 6 nitrogen and oxygen atoms in total. The number of hydrogen-bond donors (Lipinski definition) is 2. The minimum atomic E-state index is -0.733. The van der Waals surface area contributed by atoms with Gasteiger partial charge in [-0.2, -0.15) is 0 Å². The number of nitrogens with zero attached hydrogens (tertiary/aromatic N) is 3. The molecule has 0 amide bonds. The van der Waals surface area contributed by atoms with Gasteiger partial charge in [0.1, 0.15) is 5.82 Å². The Hall–Kier alpha value is -2.09. The maximum Gasteiger partial charge on any atom is 0.162 e. The van der Waals surface area contributed by atoms with E-state index in [0.717, 1.165) is 35.6 Å². The molecular formula is C18H20ClN5OS. The van der Waals surface area contributed by atoms with Gasteiger partial charge in [0.2, 0.25) is 0 Å². The molecule has 4 rings (SSSR count). The van der Waals surface area contributed by atoms with E-state index < -0.39 is 10.8 Å². The molecule has 1 aromatic carbocycles. The van der Waals surface area contributed by atoms with Gasteiger partial charge < -0.3 is 16.4 Å². The van der Waals surface area contributed by atoms with Crippen molar-refractivity contribution < 1.29 is 4.21 Å². The molecule has 0 atom stereocenters. The molecule has 0 bridgehead atoms. The van der Waals surface area contributed by atoms with Gasteiger partial charge in [0.15, 0.2) is 5.65 Å². The number of nitrogen functional groups attached to an aromatic ring is 1. The second-order valence-electron chi connectivity index (χ2n) is 6.26. The number of aromatic nitrogens is 2. The summed E-state index contributed by atoms with van der Waals surface area (Å²) < 4.78 is 13.7. The van der Waals surface area contributed by atoms with Crippen molar-refractivity contribution in [2.24, 2.45) is 5.73 Å². The molecule has 1 saturated heterocycles. The summed E-state index contributed by atoms with van der Waals surface area (Å²) in [5, 5.41) is 0.649. The fraction of sp³-hybridized carbons (Fsp3) is 0.278. The van der Waals surface area contributed by atoms with Crippen molar-refractivity contribution in [3.63, 3.8) is 0 Å². The molecule has 1 fully saturated rings. The standard InChI is InChI=1S/C18H20ClN5OS/c19-15-4-2-1-3-12(15)14-11-24-16(23-5-7-26(25)8-6-23)10-22-18(24)17(21)13(14)9-20/h1-4,10-11H,5-9,20-21H2. The van der Waals surface area contributed by atoms with Gasteiger partial charge >= 0.3 is 0 Å². The largest absolute Gasteiger partial charge is 0.395 e. The first-order chi connectivity index (χ1) is 12.6. The smallest absolute Gasteiger partial charge is 0.162 e. The molecular weight excluding hydrogens is 370 g/mol. The van der Waals surface area contributed by atoms with E-state index >= 15 is 0 Å². The van der Waals surface area contributed by atoms with Gasteiger partial charge in [-0.25, -0.2) is 4.98 Å². The molecule has 8 heteroatoms. The SMILES string of the molecule is NCc1c(-c2ccccc2Cl)cn2c(N3CCS(=O)CC3)cnc2c1N. The fourth-order valence-corrected chi connectivity index (χ4v) is 4.69. The van der Waals surface area contributed by atoms with Crippen molar-refractivity contribution in [1.82, 2.24) is 9.38 Å². The zero-order chi connectivity index (χ0) is 18.3. The summed E-state index contributed by atoms with van der Waals surface area (Å²) >= 11 is 6.42. The van der Waals surface area contributed by atoms with Crippen molar-refractivity contribution in [3.05, 3.63) is 47.2 Å². The first-order valence-electron chi connectivity index (χ1n) is 8.43. The molecule has 1 aliphatic heterocycles. The minimum Gasteiger partial charge on any atom is -0.395 e. The van der Waals surface area contributed by atoms with E-state index in [2.05, 4.69) is 9.88 Å². The highest BCUT2D eigenvalue weighted by Crippen LogP contribution is 2.36. The van der Waals surface area contributed by atoms with Gasteiger partial charge in [-0.15, -0.1) is 0 Å². The zero-order valence-electron chi connectivity index (χ0n) is 14.2. The maximum absolute atomic E-state index is 11.7. The average molecular weight is 390 g/mol. The Morgan fingerprint density at radius 1 is 1.19 bits per heavy atom. The van der Waals surface area contributed by atoms with E-state index in [9.17, 15) is 4.21 Å². The summed E-state index contributed by atoms with van der Waals surface area (Å²) in [6.45, 7) is 1.77. The lowest BCUT2D eigenvalue weighted by atomic mass is 10.0. The van der Waals surface area contributed by atoms with Crippen LogP contribution in [0.5, 0.6) is 0 Å². The normalized spacial score (nSPS) is 15.7. The summed E-state index contributed by atoms with van der Waals surface area (Å²) in [5.41, 5.74) is 16.3. The van der Waals surface area contributed by atoms with Crippen LogP contribution in [0.1, 0.15) is 5.56 Å². The number of fused-ring (bicyclic) bond motifs is 1. The predicted molar refractivity (Wildman–Crippen MR) is 108 cm³/mol. The Morgan fingerprint density at radius 2 is 1.92 bits per heavy atom. The Morgan fingerprint density at radius 3 is 2.62 bits per heavy atom. The third kappa shape index (κ3) is 2.86. The van der Waals surface area contributed by atoms with Crippen LogP contribution in [0.15, 0.2) is 36.7 Å². The Kier molecular flexibility index (Phi) is 4.60. The van der Waals surface area contributed by atoms with Crippen LogP contribution in [0.2, 0.25) is 5.02 Å². The Balaban J connectivity index is 1.91. The van der Waals surface area contributed by atoms with Crippen molar-refractivity contribution in [2.45, 2.75) is 6.54 Å². The second-order valence-corrected chi connectivity index (χ2v) is 8.37. The van der Waals surface area contributed by atoms with Crippen molar-refractivity contribution >= 4 is 39.6 Å². The molecule has 0 aliphatic carbocycles. The predicted octanol–water partition coefficient (Wildman–Crippen LogP) is 2.26. The van der Waals surface area contributed by atoms with Crippen molar-refractivity contribution in [2.75, 3.05) is 35.2 Å². The highest BCUT2D eigenvalue weighted by atomic mass is 35.5. The first kappa shape index (κ1) is 17.3. The lowest BCUT2D eigenvalue weighted by Gasteiger charge is -2.27. The van der Waals surface area contributed by atoms with E-state index in [1.165, 1.54) is 0 Å². The summed E-state index contributed by atoms with van der Waals surface area (Å²) in [7, 11) is -0.733. The molecule has 0 radical (unpaired) electrons. The Bertz CT molecular complexity index is 993. The van der Waals surface area contributed by atoms with Gasteiger partial charge in [0.05, 0.1) is 11.9 Å². The molecule has 0 unspecified atom stereocenters. The highest BCUT2D eigenvalue weighted by molar-refractivity contribution is 7.85. The molecule has 26 heavy (non-hydrogen) atoms. The van der Waals surface area contributed by atoms with Gasteiger partial charge in [-0.05, 0) is 6.07 Å². The molecule has 4 N–H and O–H groups in total. The van der Waals surface area contributed by atoms with Gasteiger partial charge in [0.25, 0.3) is 0 Å². The highest BCUT2D eigenvalue weighted by Gasteiger charge is 2.21. The topological polar surface area (TPSA) is 89.7 Å². The second kappa shape index (κ2) is 6.90. The van der Waals surface area contributed by atoms with Crippen LogP contribution in [0.25, 0.3) is 16.8 Å². The maximum atomic E-state index is 11.7. The summed E-state index contributed by atoms with van der Waals surface area (Å²) in [6, 6.07) is 7.65. The number of imidazole rings is 1. The molecule has 3 heterocycles. The van der Waals surface area contributed by atoms with Crippen LogP contribution in [0.4, 0.5) is 11.5 Å². The van der Waals surface area contributed by atoms with Gasteiger partial charge in [-0.1, -0.05) is 29.8 Å². The summed E-state index contributed by atoms with van der Waals surface area (Å²) in [4.78, 5) is 6.70. The van der Waals surface area contributed by atoms with E-state index in [1.54, 1.807) is 0 Å². The van der Waals surface area contributed by atoms with Crippen molar-refractivity contribution in [1.29, 1.82) is 0 Å². The third-order valence-corrected chi connectivity index (χ3v) is 6.40. The third-order valence-electron chi connectivity index (χ3n) is 4.80. The van der Waals surface area contributed by atoms with Crippen LogP contribution in [0.3, 0.4) is 0 Å². The number of anilines is 2. The lowest BCUT2D eigenvalue weighted by molar-refractivity contribution is 0.672. The molecule has 1 aliphatic rings. The fourth-order valence-electron chi connectivity index (χ4n) is 3.40. The van der Waals surface area contributed by atoms with Crippen LogP contribution < -0.4 is 16.4 Å². The molecule has 136 valence electrons. The zero-order valence-corrected chi connectivity index (χ0v) is 15.8. The lowest BCUT2D eigenvalue weighted by Crippen LogP contribution is -2.38. The van der Waals surface area contributed by atoms with E-state index in [-0.39, 0.29) is 0 Å². The van der Waals surface area contributed by atoms with Crippen molar-refractivity contribution in [3.8, 4) is 11.1 Å². The minimum absolute atomic E-state index is 0.299. The molecule has 0 saturated carbocycles. The van der Waals surface area contributed by atoms with Crippen LogP contribution in [-0.2, 0) is 17.3 Å². The number of rotatable bonds is 3. The van der Waals surface area contributed by atoms with Gasteiger partial charge in [0, 0.05) is 69.8 Å². The van der Waals surface area contributed by atoms with E-state index in [0.29, 0.717) is 34.4 Å². The number of benzene rings is 1. The Labute approximate surface area is 159 Å². The summed E-state index contributed by atoms with van der Waals surface area (Å²) in [6.07, 6.45) is 3.82. The number of nitrogens with two attached hydrogens (primary N) is 2. The summed E-state index contributed by atoms with van der Waals surface area (Å²) in [5.74, 6) is 2.28. The first-order valence-corrected chi connectivity index (χ1v) is 10.3. The number of pyridine rings is 1. The van der Waals surface area contributed by atoms with E-state index in [4.69, 9.17) is 23.1 Å². The average Bonchev–Trinajstić information content (AvgIpc) is 3.07. The number of halogens is 1. The van der Waals surface area contributed by atoms with Crippen LogP contribution in [-0.4, -0.2) is 38.2 Å². The molecule has 3 aromatic rings. The molecule has 2 aromatic heterocycles. The van der Waals surface area contributed by atoms with Crippen LogP contribution >= 0.6 is 11.6 Å².